The van der Waals surface area contributed by atoms with Gasteiger partial charge in [0.05, 0.1) is 11.5 Å². The third-order valence-corrected chi connectivity index (χ3v) is 3.45. The van der Waals surface area contributed by atoms with E-state index >= 15 is 0 Å². The number of carbonyl (C=O) groups excluding carboxylic acids is 2. The predicted molar refractivity (Wildman–Crippen MR) is 74.0 cm³/mol. The number of hydrogen-bond donors (Lipinski definition) is 1. The fraction of sp³-hybridized carbons (Fsp3) is 0.750. The Bertz CT molecular complexity index is 346. The second-order valence-corrected chi connectivity index (χ2v) is 5.36. The first-order valence-corrected chi connectivity index (χ1v) is 6.63. The Morgan fingerprint density at radius 3 is 2.89 bits per heavy atom. The zero-order valence-corrected chi connectivity index (χ0v) is 11.8. The standard InChI is InChI=1S/C12H21N3O2S/c1-9-4-3-6-15(12(9)17)8-11(16)14(2)7-5-10(13)18/h9H,3-8H2,1-2H3,(H2,13,18). The molecule has 1 unspecified atom stereocenters. The number of amides is 2. The summed E-state index contributed by atoms with van der Waals surface area (Å²) in [5, 5.41) is 0. The van der Waals surface area contributed by atoms with Crippen LogP contribution in [0.1, 0.15) is 26.2 Å². The van der Waals surface area contributed by atoms with Crippen LogP contribution in [0.3, 0.4) is 0 Å². The van der Waals surface area contributed by atoms with Crippen LogP contribution in [0, 0.1) is 5.92 Å². The molecule has 1 fully saturated rings. The summed E-state index contributed by atoms with van der Waals surface area (Å²) in [6, 6.07) is 0. The van der Waals surface area contributed by atoms with Crippen molar-refractivity contribution in [2.24, 2.45) is 11.7 Å². The molecule has 0 aromatic rings. The highest BCUT2D eigenvalue weighted by molar-refractivity contribution is 7.80. The first-order valence-electron chi connectivity index (χ1n) is 6.23. The van der Waals surface area contributed by atoms with Gasteiger partial charge in [0.1, 0.15) is 0 Å². The number of nitrogens with zero attached hydrogens (tertiary/aromatic N) is 2. The maximum Gasteiger partial charge on any atom is 0.241 e. The van der Waals surface area contributed by atoms with Crippen molar-refractivity contribution in [3.63, 3.8) is 0 Å². The number of likely N-dealkylation sites (N-methyl/N-ethyl adjacent to an activating group) is 1. The summed E-state index contributed by atoms with van der Waals surface area (Å²) in [5.41, 5.74) is 5.39. The number of carbonyl (C=O) groups is 2. The zero-order chi connectivity index (χ0) is 13.7. The van der Waals surface area contributed by atoms with Gasteiger partial charge < -0.3 is 15.5 Å². The molecule has 2 amide bonds. The summed E-state index contributed by atoms with van der Waals surface area (Å²) >= 11 is 4.77. The number of hydrogen-bond acceptors (Lipinski definition) is 3. The molecule has 6 heteroatoms. The van der Waals surface area contributed by atoms with E-state index in [0.29, 0.717) is 24.5 Å². The molecule has 0 radical (unpaired) electrons. The van der Waals surface area contributed by atoms with Gasteiger partial charge in [0.2, 0.25) is 11.8 Å². The Morgan fingerprint density at radius 1 is 1.61 bits per heavy atom. The summed E-state index contributed by atoms with van der Waals surface area (Å²) < 4.78 is 0. The molecule has 1 atom stereocenters. The van der Waals surface area contributed by atoms with Crippen molar-refractivity contribution < 1.29 is 9.59 Å². The van der Waals surface area contributed by atoms with Crippen molar-refractivity contribution in [1.82, 2.24) is 9.80 Å². The van der Waals surface area contributed by atoms with Gasteiger partial charge in [0.25, 0.3) is 0 Å². The van der Waals surface area contributed by atoms with E-state index in [0.717, 1.165) is 12.8 Å². The van der Waals surface area contributed by atoms with E-state index in [1.54, 1.807) is 16.8 Å². The largest absolute Gasteiger partial charge is 0.393 e. The third-order valence-electron chi connectivity index (χ3n) is 3.24. The number of likely N-dealkylation sites (tertiary alicyclic amines) is 1. The number of rotatable bonds is 5. The minimum Gasteiger partial charge on any atom is -0.393 e. The van der Waals surface area contributed by atoms with Crippen molar-refractivity contribution in [2.75, 3.05) is 26.7 Å². The maximum atomic E-state index is 11.9. The van der Waals surface area contributed by atoms with Gasteiger partial charge in [0, 0.05) is 32.5 Å². The molecule has 1 aliphatic rings. The minimum absolute atomic E-state index is 0.0356. The molecule has 1 aliphatic heterocycles. The topological polar surface area (TPSA) is 66.6 Å². The van der Waals surface area contributed by atoms with E-state index in [1.807, 2.05) is 6.92 Å². The highest BCUT2D eigenvalue weighted by atomic mass is 32.1. The lowest BCUT2D eigenvalue weighted by Gasteiger charge is -2.31. The summed E-state index contributed by atoms with van der Waals surface area (Å²) in [5.74, 6) is 0.0551. The molecule has 1 saturated heterocycles. The average Bonchev–Trinajstić information content (AvgIpc) is 2.31. The molecule has 0 spiro atoms. The lowest BCUT2D eigenvalue weighted by Crippen LogP contribution is -2.46. The summed E-state index contributed by atoms with van der Waals surface area (Å²) in [6.45, 7) is 3.26. The summed E-state index contributed by atoms with van der Waals surface area (Å²) in [7, 11) is 1.71. The first kappa shape index (κ1) is 14.9. The van der Waals surface area contributed by atoms with E-state index in [1.165, 1.54) is 0 Å². The van der Waals surface area contributed by atoms with Crippen LogP contribution in [0.4, 0.5) is 0 Å². The van der Waals surface area contributed by atoms with Gasteiger partial charge in [-0.05, 0) is 12.8 Å². The molecule has 18 heavy (non-hydrogen) atoms. The molecule has 1 heterocycles. The molecule has 0 saturated carbocycles. The van der Waals surface area contributed by atoms with E-state index < -0.39 is 0 Å². The van der Waals surface area contributed by atoms with Crippen LogP contribution in [0.25, 0.3) is 0 Å². The van der Waals surface area contributed by atoms with Crippen molar-refractivity contribution >= 4 is 29.0 Å². The Hall–Kier alpha value is -1.17. The SMILES string of the molecule is CC1CCCN(CC(=O)N(C)CCC(N)=S)C1=O. The van der Waals surface area contributed by atoms with E-state index in [2.05, 4.69) is 0 Å². The predicted octanol–water partition coefficient (Wildman–Crippen LogP) is 0.380. The van der Waals surface area contributed by atoms with Gasteiger partial charge in [-0.3, -0.25) is 9.59 Å². The van der Waals surface area contributed by atoms with Crippen LogP contribution in [-0.2, 0) is 9.59 Å². The summed E-state index contributed by atoms with van der Waals surface area (Å²) in [6.07, 6.45) is 2.40. The molecule has 0 aromatic carbocycles. The van der Waals surface area contributed by atoms with Crippen LogP contribution in [0.5, 0.6) is 0 Å². The fourth-order valence-corrected chi connectivity index (χ4v) is 2.07. The maximum absolute atomic E-state index is 11.9. The lowest BCUT2D eigenvalue weighted by molar-refractivity contribution is -0.144. The smallest absolute Gasteiger partial charge is 0.241 e. The Morgan fingerprint density at radius 2 is 2.28 bits per heavy atom. The van der Waals surface area contributed by atoms with Crippen molar-refractivity contribution in [2.45, 2.75) is 26.2 Å². The molecule has 0 aromatic heterocycles. The molecule has 5 nitrogen and oxygen atoms in total. The van der Waals surface area contributed by atoms with Gasteiger partial charge in [-0.1, -0.05) is 19.1 Å². The van der Waals surface area contributed by atoms with E-state index in [4.69, 9.17) is 18.0 Å². The van der Waals surface area contributed by atoms with Gasteiger partial charge in [-0.2, -0.15) is 0 Å². The molecule has 102 valence electrons. The van der Waals surface area contributed by atoms with Gasteiger partial charge in [-0.25, -0.2) is 0 Å². The van der Waals surface area contributed by atoms with Gasteiger partial charge >= 0.3 is 0 Å². The highest BCUT2D eigenvalue weighted by Gasteiger charge is 2.27. The van der Waals surface area contributed by atoms with Crippen LogP contribution in [0.2, 0.25) is 0 Å². The second kappa shape index (κ2) is 6.68. The summed E-state index contributed by atoms with van der Waals surface area (Å²) in [4.78, 5) is 27.4. The second-order valence-electron chi connectivity index (χ2n) is 4.83. The molecule has 1 rings (SSSR count). The quantitative estimate of drug-likeness (QED) is 0.734. The van der Waals surface area contributed by atoms with Gasteiger partial charge in [-0.15, -0.1) is 0 Å². The minimum atomic E-state index is -0.0614. The number of nitrogens with two attached hydrogens (primary N) is 1. The Kier molecular flexibility index (Phi) is 5.53. The van der Waals surface area contributed by atoms with E-state index in [9.17, 15) is 9.59 Å². The average molecular weight is 271 g/mol. The van der Waals surface area contributed by atoms with Crippen LogP contribution in [-0.4, -0.2) is 53.3 Å². The Labute approximate surface area is 113 Å². The van der Waals surface area contributed by atoms with Crippen LogP contribution >= 0.6 is 12.2 Å². The molecular weight excluding hydrogens is 250 g/mol. The lowest BCUT2D eigenvalue weighted by atomic mass is 9.99. The van der Waals surface area contributed by atoms with E-state index in [-0.39, 0.29) is 24.3 Å². The normalized spacial score (nSPS) is 19.8. The number of piperidine rings is 1. The number of thiocarbonyl (C=S) groups is 1. The van der Waals surface area contributed by atoms with Crippen molar-refractivity contribution in [1.29, 1.82) is 0 Å². The molecule has 0 bridgehead atoms. The van der Waals surface area contributed by atoms with Crippen LogP contribution < -0.4 is 5.73 Å². The fourth-order valence-electron chi connectivity index (χ4n) is 1.98. The highest BCUT2D eigenvalue weighted by Crippen LogP contribution is 2.16. The molecule has 2 N–H and O–H groups in total. The van der Waals surface area contributed by atoms with Crippen LogP contribution in [0.15, 0.2) is 0 Å². The monoisotopic (exact) mass is 271 g/mol. The zero-order valence-electron chi connectivity index (χ0n) is 11.0. The molecule has 0 aliphatic carbocycles. The van der Waals surface area contributed by atoms with Crippen molar-refractivity contribution in [3.05, 3.63) is 0 Å². The first-order chi connectivity index (χ1) is 8.41. The third kappa shape index (κ3) is 4.25. The Balaban J connectivity index is 2.43. The van der Waals surface area contributed by atoms with Gasteiger partial charge in [0.15, 0.2) is 0 Å². The molecular formula is C12H21N3O2S. The van der Waals surface area contributed by atoms with Crippen molar-refractivity contribution in [3.8, 4) is 0 Å².